The molecule has 2 heterocycles. The van der Waals surface area contributed by atoms with E-state index in [4.69, 9.17) is 20.8 Å². The average Bonchev–Trinajstić information content (AvgIpc) is 3.47. The molecule has 1 fully saturated rings. The first-order valence-electron chi connectivity index (χ1n) is 9.94. The van der Waals surface area contributed by atoms with Gasteiger partial charge in [-0.25, -0.2) is 5.01 Å². The molecule has 152 valence electrons. The Hall–Kier alpha value is -2.60. The molecule has 1 aromatic heterocycles. The van der Waals surface area contributed by atoms with Gasteiger partial charge in [0.2, 0.25) is 0 Å². The summed E-state index contributed by atoms with van der Waals surface area (Å²) in [5.41, 5.74) is 1.65. The van der Waals surface area contributed by atoms with E-state index in [9.17, 15) is 9.59 Å². The van der Waals surface area contributed by atoms with Crippen molar-refractivity contribution in [2.75, 3.05) is 6.61 Å². The predicted octanol–water partition coefficient (Wildman–Crippen LogP) is 4.73. The summed E-state index contributed by atoms with van der Waals surface area (Å²) in [5.74, 6) is 0.342. The zero-order valence-corrected chi connectivity index (χ0v) is 16.8. The first-order chi connectivity index (χ1) is 14.1. The number of hydrazone groups is 1. The second-order valence-corrected chi connectivity index (χ2v) is 7.98. The molecule has 29 heavy (non-hydrogen) atoms. The number of esters is 1. The number of benzene rings is 1. The Balaban J connectivity index is 1.44. The number of hydrogen-bond acceptors (Lipinski definition) is 5. The van der Waals surface area contributed by atoms with Crippen molar-refractivity contribution >= 4 is 29.2 Å². The van der Waals surface area contributed by atoms with Gasteiger partial charge in [0.1, 0.15) is 11.8 Å². The zero-order chi connectivity index (χ0) is 20.2. The summed E-state index contributed by atoms with van der Waals surface area (Å²) >= 11 is 5.97. The number of carbonyl (C=O) groups is 2. The van der Waals surface area contributed by atoms with Gasteiger partial charge in [-0.1, -0.05) is 36.6 Å². The number of amides is 1. The van der Waals surface area contributed by atoms with E-state index in [0.29, 0.717) is 29.5 Å². The highest BCUT2D eigenvalue weighted by Crippen LogP contribution is 2.33. The van der Waals surface area contributed by atoms with Gasteiger partial charge in [-0.2, -0.15) is 5.10 Å². The lowest BCUT2D eigenvalue weighted by molar-refractivity contribution is -0.153. The first kappa shape index (κ1) is 19.7. The Morgan fingerprint density at radius 1 is 1.17 bits per heavy atom. The minimum absolute atomic E-state index is 0.319. The third kappa shape index (κ3) is 4.70. The Morgan fingerprint density at radius 2 is 1.93 bits per heavy atom. The van der Waals surface area contributed by atoms with Gasteiger partial charge in [-0.05, 0) is 48.6 Å². The lowest BCUT2D eigenvalue weighted by Gasteiger charge is -2.19. The van der Waals surface area contributed by atoms with Crippen LogP contribution in [-0.4, -0.2) is 29.2 Å². The van der Waals surface area contributed by atoms with Gasteiger partial charge in [0.15, 0.2) is 6.61 Å². The van der Waals surface area contributed by atoms with Gasteiger partial charge in [-0.15, -0.1) is 0 Å². The van der Waals surface area contributed by atoms with Gasteiger partial charge >= 0.3 is 5.97 Å². The quantitative estimate of drug-likeness (QED) is 0.640. The molecule has 1 aromatic carbocycles. The van der Waals surface area contributed by atoms with Crippen LogP contribution in [0.25, 0.3) is 0 Å². The standard InChI is InChI=1S/C22H23ClN2O4/c23-17-9-7-16(8-10-17)18-13-19(20-6-3-11-28-20)25(24-18)21(26)14-29-22(27)12-15-4-1-2-5-15/h3,6-11,15,19H,1-2,4-5,12-14H2/t19-/m1/s1. The molecule has 6 nitrogen and oxygen atoms in total. The SMILES string of the molecule is O=C(CC1CCCC1)OCC(=O)N1N=C(c2ccc(Cl)cc2)C[C@@H]1c1ccco1. The molecule has 1 saturated carbocycles. The zero-order valence-electron chi connectivity index (χ0n) is 16.1. The van der Waals surface area contributed by atoms with Crippen molar-refractivity contribution in [1.82, 2.24) is 5.01 Å². The van der Waals surface area contributed by atoms with E-state index in [0.717, 1.165) is 37.0 Å². The predicted molar refractivity (Wildman–Crippen MR) is 108 cm³/mol. The molecule has 1 aliphatic heterocycles. The maximum absolute atomic E-state index is 12.8. The summed E-state index contributed by atoms with van der Waals surface area (Å²) in [7, 11) is 0. The van der Waals surface area contributed by atoms with Crippen LogP contribution in [0.2, 0.25) is 5.02 Å². The summed E-state index contributed by atoms with van der Waals surface area (Å²) in [6.07, 6.45) is 6.91. The number of rotatable bonds is 6. The van der Waals surface area contributed by atoms with Crippen LogP contribution in [-0.2, 0) is 14.3 Å². The van der Waals surface area contributed by atoms with E-state index in [1.54, 1.807) is 24.5 Å². The van der Waals surface area contributed by atoms with Crippen molar-refractivity contribution in [1.29, 1.82) is 0 Å². The molecule has 0 radical (unpaired) electrons. The molecular formula is C22H23ClN2O4. The highest BCUT2D eigenvalue weighted by atomic mass is 35.5. The summed E-state index contributed by atoms with van der Waals surface area (Å²) in [6, 6.07) is 10.5. The smallest absolute Gasteiger partial charge is 0.306 e. The van der Waals surface area contributed by atoms with Crippen LogP contribution < -0.4 is 0 Å². The lowest BCUT2D eigenvalue weighted by atomic mass is 10.0. The molecule has 2 aromatic rings. The molecule has 4 rings (SSSR count). The Kier molecular flexibility index (Phi) is 6.00. The molecular weight excluding hydrogens is 392 g/mol. The monoisotopic (exact) mass is 414 g/mol. The molecule has 1 atom stereocenters. The minimum atomic E-state index is -0.366. The van der Waals surface area contributed by atoms with Gasteiger partial charge < -0.3 is 9.15 Å². The van der Waals surface area contributed by atoms with Crippen molar-refractivity contribution in [2.24, 2.45) is 11.0 Å². The third-order valence-corrected chi connectivity index (χ3v) is 5.75. The van der Waals surface area contributed by atoms with Crippen molar-refractivity contribution in [3.8, 4) is 0 Å². The summed E-state index contributed by atoms with van der Waals surface area (Å²) in [5, 5.41) is 6.52. The Morgan fingerprint density at radius 3 is 2.62 bits per heavy atom. The molecule has 7 heteroatoms. The fourth-order valence-electron chi connectivity index (χ4n) is 3.98. The summed E-state index contributed by atoms with van der Waals surface area (Å²) in [4.78, 5) is 24.9. The largest absolute Gasteiger partial charge is 0.467 e. The van der Waals surface area contributed by atoms with Crippen LogP contribution in [0.5, 0.6) is 0 Å². The normalized spacial score (nSPS) is 19.4. The summed E-state index contributed by atoms with van der Waals surface area (Å²) in [6.45, 7) is -0.319. The fourth-order valence-corrected chi connectivity index (χ4v) is 4.10. The second-order valence-electron chi connectivity index (χ2n) is 7.54. The molecule has 0 spiro atoms. The maximum atomic E-state index is 12.8. The van der Waals surface area contributed by atoms with E-state index in [1.165, 1.54) is 5.01 Å². The Labute approximate surface area is 174 Å². The minimum Gasteiger partial charge on any atom is -0.467 e. The average molecular weight is 415 g/mol. The molecule has 2 aliphatic rings. The highest BCUT2D eigenvalue weighted by molar-refractivity contribution is 6.30. The number of hydrogen-bond donors (Lipinski definition) is 0. The summed E-state index contributed by atoms with van der Waals surface area (Å²) < 4.78 is 10.8. The van der Waals surface area contributed by atoms with Gasteiger partial charge in [0, 0.05) is 17.9 Å². The van der Waals surface area contributed by atoms with E-state index >= 15 is 0 Å². The highest BCUT2D eigenvalue weighted by Gasteiger charge is 2.35. The Bertz CT molecular complexity index is 886. The first-order valence-corrected chi connectivity index (χ1v) is 10.3. The molecule has 0 saturated heterocycles. The van der Waals surface area contributed by atoms with E-state index in [-0.39, 0.29) is 24.5 Å². The van der Waals surface area contributed by atoms with Crippen molar-refractivity contribution in [2.45, 2.75) is 44.6 Å². The topological polar surface area (TPSA) is 72.1 Å². The van der Waals surface area contributed by atoms with Crippen LogP contribution >= 0.6 is 11.6 Å². The van der Waals surface area contributed by atoms with Crippen molar-refractivity contribution in [3.05, 3.63) is 59.0 Å². The van der Waals surface area contributed by atoms with Crippen LogP contribution in [0.15, 0.2) is 52.2 Å². The van der Waals surface area contributed by atoms with Gasteiger partial charge in [0.25, 0.3) is 5.91 Å². The van der Waals surface area contributed by atoms with Crippen molar-refractivity contribution < 1.29 is 18.7 Å². The van der Waals surface area contributed by atoms with Crippen LogP contribution in [0.4, 0.5) is 0 Å². The van der Waals surface area contributed by atoms with E-state index in [2.05, 4.69) is 5.10 Å². The molecule has 0 N–H and O–H groups in total. The maximum Gasteiger partial charge on any atom is 0.306 e. The van der Waals surface area contributed by atoms with E-state index in [1.807, 2.05) is 18.2 Å². The van der Waals surface area contributed by atoms with Gasteiger partial charge in [0.05, 0.1) is 12.0 Å². The number of nitrogens with zero attached hydrogens (tertiary/aromatic N) is 2. The number of furan rings is 1. The van der Waals surface area contributed by atoms with Crippen molar-refractivity contribution in [3.63, 3.8) is 0 Å². The molecule has 1 aliphatic carbocycles. The molecule has 0 unspecified atom stereocenters. The van der Waals surface area contributed by atoms with Crippen LogP contribution in [0.1, 0.15) is 55.9 Å². The number of carbonyl (C=O) groups excluding carboxylic acids is 2. The molecule has 0 bridgehead atoms. The van der Waals surface area contributed by atoms with Crippen LogP contribution in [0, 0.1) is 5.92 Å². The lowest BCUT2D eigenvalue weighted by Crippen LogP contribution is -2.31. The van der Waals surface area contributed by atoms with Crippen LogP contribution in [0.3, 0.4) is 0 Å². The van der Waals surface area contributed by atoms with Gasteiger partial charge in [-0.3, -0.25) is 9.59 Å². The number of halogens is 1. The second kappa shape index (κ2) is 8.82. The van der Waals surface area contributed by atoms with E-state index < -0.39 is 0 Å². The third-order valence-electron chi connectivity index (χ3n) is 5.50. The fraction of sp³-hybridized carbons (Fsp3) is 0.409. The molecule has 1 amide bonds. The number of ether oxygens (including phenoxy) is 1.